The van der Waals surface area contributed by atoms with Crippen molar-refractivity contribution in [1.29, 1.82) is 0 Å². The number of hydrogen-bond donors (Lipinski definition) is 2. The quantitative estimate of drug-likeness (QED) is 0.221. The van der Waals surface area contributed by atoms with Crippen molar-refractivity contribution in [2.45, 2.75) is 71.4 Å². The van der Waals surface area contributed by atoms with Gasteiger partial charge in [-0.3, -0.25) is 9.59 Å². The number of hydrogen-bond acceptors (Lipinski definition) is 5. The van der Waals surface area contributed by atoms with Crippen LogP contribution in [0, 0.1) is 11.3 Å². The second-order valence-corrected chi connectivity index (χ2v) is 9.72. The highest BCUT2D eigenvalue weighted by molar-refractivity contribution is 8.12. The first-order valence-corrected chi connectivity index (χ1v) is 11.6. The molecule has 0 saturated heterocycles. The Hall–Kier alpha value is -1.50. The number of nitrogens with one attached hydrogen (secondary N) is 1. The van der Waals surface area contributed by atoms with Gasteiger partial charge in [-0.1, -0.05) is 43.5 Å². The molecule has 2 N–H and O–H groups in total. The van der Waals surface area contributed by atoms with Gasteiger partial charge in [0.25, 0.3) is 0 Å². The Morgan fingerprint density at radius 3 is 2.50 bits per heavy atom. The highest BCUT2D eigenvalue weighted by Gasteiger charge is 2.40. The van der Waals surface area contributed by atoms with Crippen molar-refractivity contribution in [2.75, 3.05) is 0 Å². The molecule has 0 bridgehead atoms. The molecule has 30 heavy (non-hydrogen) atoms. The third-order valence-electron chi connectivity index (χ3n) is 5.53. The molecule has 1 aliphatic rings. The van der Waals surface area contributed by atoms with E-state index >= 15 is 0 Å². The van der Waals surface area contributed by atoms with Crippen LogP contribution in [0.3, 0.4) is 0 Å². The molecule has 1 aliphatic carbocycles. The minimum Gasteiger partial charge on any atom is -0.489 e. The maximum Gasteiger partial charge on any atom is 0.321 e. The van der Waals surface area contributed by atoms with Crippen LogP contribution in [0.2, 0.25) is 5.02 Å². The van der Waals surface area contributed by atoms with Crippen LogP contribution in [0.5, 0.6) is 5.75 Å². The first-order chi connectivity index (χ1) is 14.1. The highest BCUT2D eigenvalue weighted by atomic mass is 35.5. The van der Waals surface area contributed by atoms with Gasteiger partial charge in [0, 0.05) is 5.02 Å². The minimum atomic E-state index is -0.954. The molecular weight excluding hydrogens is 422 g/mol. The largest absolute Gasteiger partial charge is 0.489 e. The summed E-state index contributed by atoms with van der Waals surface area (Å²) in [6.45, 7) is 9.72. The Balaban J connectivity index is 2.03. The van der Waals surface area contributed by atoms with Crippen molar-refractivity contribution in [3.63, 3.8) is 0 Å². The second kappa shape index (κ2) is 11.2. The van der Waals surface area contributed by atoms with E-state index in [9.17, 15) is 14.7 Å². The molecular formula is C23H32ClNO4S. The van der Waals surface area contributed by atoms with Crippen molar-refractivity contribution in [3.8, 4) is 5.75 Å². The van der Waals surface area contributed by atoms with E-state index in [2.05, 4.69) is 18.2 Å². The molecule has 0 radical (unpaired) electrons. The van der Waals surface area contributed by atoms with Gasteiger partial charge in [-0.2, -0.15) is 0 Å². The van der Waals surface area contributed by atoms with Gasteiger partial charge in [-0.05, 0) is 81.7 Å². The summed E-state index contributed by atoms with van der Waals surface area (Å²) in [6, 6.07) is 6.33. The predicted molar refractivity (Wildman–Crippen MR) is 123 cm³/mol. The molecule has 3 unspecified atom stereocenters. The van der Waals surface area contributed by atoms with Crippen LogP contribution >= 0.6 is 23.5 Å². The summed E-state index contributed by atoms with van der Waals surface area (Å²) in [4.78, 5) is 24.6. The van der Waals surface area contributed by atoms with Gasteiger partial charge in [0.05, 0.1) is 5.41 Å². The standard InChI is InChI=1S/C23H32ClNO4S/c1-5-6-7-8-20(29-18-11-9-17(24)10-12-18)23(3,4)22(28)30-25-19(21(26)27)14-16-13-15(16)2/h9-12,16,19-20,25H,2,5-8,13-14H2,1,3-4H3,(H,26,27). The van der Waals surface area contributed by atoms with Crippen molar-refractivity contribution in [1.82, 2.24) is 4.72 Å². The number of ether oxygens (including phenoxy) is 1. The van der Waals surface area contributed by atoms with E-state index in [1.165, 1.54) is 0 Å². The van der Waals surface area contributed by atoms with Gasteiger partial charge in [-0.25, -0.2) is 4.72 Å². The molecule has 5 nitrogen and oxygen atoms in total. The molecule has 0 heterocycles. The van der Waals surface area contributed by atoms with Crippen LogP contribution in [0.25, 0.3) is 0 Å². The maximum absolute atomic E-state index is 13.1. The molecule has 3 atom stereocenters. The molecule has 0 amide bonds. The fourth-order valence-corrected chi connectivity index (χ4v) is 4.17. The first kappa shape index (κ1) is 24.8. The van der Waals surface area contributed by atoms with Crippen LogP contribution in [-0.2, 0) is 9.59 Å². The molecule has 1 aromatic carbocycles. The molecule has 166 valence electrons. The third kappa shape index (κ3) is 7.33. The molecule has 7 heteroatoms. The topological polar surface area (TPSA) is 75.6 Å². The van der Waals surface area contributed by atoms with Gasteiger partial charge in [0.2, 0.25) is 5.12 Å². The average molecular weight is 454 g/mol. The summed E-state index contributed by atoms with van der Waals surface area (Å²) in [5.41, 5.74) is 0.268. The van der Waals surface area contributed by atoms with E-state index in [1.807, 2.05) is 13.8 Å². The third-order valence-corrected chi connectivity index (χ3v) is 6.90. The van der Waals surface area contributed by atoms with Gasteiger partial charge < -0.3 is 9.84 Å². The minimum absolute atomic E-state index is 0.140. The normalized spacial score (nSPS) is 18.0. The van der Waals surface area contributed by atoms with E-state index in [0.717, 1.165) is 49.6 Å². The lowest BCUT2D eigenvalue weighted by Crippen LogP contribution is -2.42. The highest BCUT2D eigenvalue weighted by Crippen LogP contribution is 2.40. The molecule has 0 spiro atoms. The Kier molecular flexibility index (Phi) is 9.26. The Labute approximate surface area is 188 Å². The predicted octanol–water partition coefficient (Wildman–Crippen LogP) is 5.88. The number of unbranched alkanes of at least 4 members (excludes halogenated alkanes) is 2. The number of carboxylic acids is 1. The van der Waals surface area contributed by atoms with Crippen LogP contribution in [0.15, 0.2) is 36.4 Å². The fraction of sp³-hybridized carbons (Fsp3) is 0.565. The fourth-order valence-electron chi connectivity index (χ4n) is 3.20. The number of aliphatic carboxylic acids is 1. The van der Waals surface area contributed by atoms with E-state index in [-0.39, 0.29) is 17.1 Å². The van der Waals surface area contributed by atoms with Gasteiger partial charge in [0.15, 0.2) is 0 Å². The van der Waals surface area contributed by atoms with Gasteiger partial charge in [0.1, 0.15) is 17.9 Å². The number of rotatable bonds is 13. The van der Waals surface area contributed by atoms with E-state index in [4.69, 9.17) is 16.3 Å². The monoisotopic (exact) mass is 453 g/mol. The average Bonchev–Trinajstić information content (AvgIpc) is 3.40. The second-order valence-electron chi connectivity index (χ2n) is 8.47. The summed E-state index contributed by atoms with van der Waals surface area (Å²) < 4.78 is 9.06. The first-order valence-electron chi connectivity index (χ1n) is 10.4. The molecule has 0 aliphatic heterocycles. The van der Waals surface area contributed by atoms with Gasteiger partial charge in [-0.15, -0.1) is 0 Å². The maximum atomic E-state index is 13.1. The lowest BCUT2D eigenvalue weighted by atomic mass is 9.84. The number of halogens is 1. The smallest absolute Gasteiger partial charge is 0.321 e. The lowest BCUT2D eigenvalue weighted by Gasteiger charge is -2.33. The summed E-state index contributed by atoms with van der Waals surface area (Å²) in [5, 5.41) is 9.95. The van der Waals surface area contributed by atoms with Crippen molar-refractivity contribution < 1.29 is 19.4 Å². The van der Waals surface area contributed by atoms with Crippen LogP contribution in [-0.4, -0.2) is 28.3 Å². The van der Waals surface area contributed by atoms with E-state index in [1.54, 1.807) is 24.3 Å². The summed E-state index contributed by atoms with van der Waals surface area (Å²) in [7, 11) is 0. The zero-order chi connectivity index (χ0) is 22.3. The van der Waals surface area contributed by atoms with Crippen LogP contribution in [0.4, 0.5) is 0 Å². The molecule has 0 aromatic heterocycles. The summed E-state index contributed by atoms with van der Waals surface area (Å²) in [5.74, 6) is -0.0579. The zero-order valence-corrected chi connectivity index (χ0v) is 19.5. The number of allylic oxidation sites excluding steroid dienone is 1. The van der Waals surface area contributed by atoms with Crippen molar-refractivity contribution >= 4 is 34.6 Å². The Morgan fingerprint density at radius 1 is 1.33 bits per heavy atom. The number of carboxylic acid groups (broad SMARTS) is 1. The Morgan fingerprint density at radius 2 is 1.97 bits per heavy atom. The van der Waals surface area contributed by atoms with Crippen molar-refractivity contribution in [3.05, 3.63) is 41.4 Å². The summed E-state index contributed by atoms with van der Waals surface area (Å²) >= 11 is 6.83. The number of carbonyl (C=O) groups excluding carboxylic acids is 1. The molecule has 1 aromatic rings. The number of carbonyl (C=O) groups is 2. The van der Waals surface area contributed by atoms with Crippen LogP contribution < -0.4 is 9.46 Å². The van der Waals surface area contributed by atoms with E-state index in [0.29, 0.717) is 17.2 Å². The lowest BCUT2D eigenvalue weighted by molar-refractivity contribution is -0.139. The van der Waals surface area contributed by atoms with E-state index < -0.39 is 17.4 Å². The summed E-state index contributed by atoms with van der Waals surface area (Å²) in [6.07, 6.45) is 4.80. The SMILES string of the molecule is C=C1CC1CC(NSC(=O)C(C)(C)C(CCCCC)Oc1ccc(Cl)cc1)C(=O)O. The Bertz CT molecular complexity index is 750. The zero-order valence-electron chi connectivity index (χ0n) is 17.9. The number of benzene rings is 1. The molecule has 1 fully saturated rings. The van der Waals surface area contributed by atoms with Crippen LogP contribution in [0.1, 0.15) is 59.3 Å². The molecule has 1 saturated carbocycles. The molecule has 2 rings (SSSR count). The van der Waals surface area contributed by atoms with Crippen molar-refractivity contribution in [2.24, 2.45) is 11.3 Å². The van der Waals surface area contributed by atoms with Gasteiger partial charge >= 0.3 is 5.97 Å².